The highest BCUT2D eigenvalue weighted by atomic mass is 15.2. The Kier molecular flexibility index (Phi) is 3.71. The SMILES string of the molecule is CCn1cccc1CNC1CCN2CCCCC12. The zero-order chi connectivity index (χ0) is 12.4. The summed E-state index contributed by atoms with van der Waals surface area (Å²) in [7, 11) is 0. The molecule has 0 aromatic carbocycles. The quantitative estimate of drug-likeness (QED) is 0.880. The molecule has 0 spiro atoms. The first-order valence-electron chi connectivity index (χ1n) is 7.50. The van der Waals surface area contributed by atoms with Gasteiger partial charge in [-0.15, -0.1) is 0 Å². The minimum atomic E-state index is 0.713. The fourth-order valence-corrected chi connectivity index (χ4v) is 3.64. The van der Waals surface area contributed by atoms with Crippen molar-refractivity contribution in [2.75, 3.05) is 13.1 Å². The number of hydrogen-bond donors (Lipinski definition) is 1. The van der Waals surface area contributed by atoms with Crippen molar-refractivity contribution in [3.63, 3.8) is 0 Å². The second kappa shape index (κ2) is 5.45. The van der Waals surface area contributed by atoms with Gasteiger partial charge in [-0.05, 0) is 44.9 Å². The maximum atomic E-state index is 3.80. The lowest BCUT2D eigenvalue weighted by Crippen LogP contribution is -2.44. The van der Waals surface area contributed by atoms with E-state index >= 15 is 0 Å². The van der Waals surface area contributed by atoms with E-state index in [1.54, 1.807) is 0 Å². The van der Waals surface area contributed by atoms with Crippen molar-refractivity contribution in [1.82, 2.24) is 14.8 Å². The van der Waals surface area contributed by atoms with E-state index in [2.05, 4.69) is 40.0 Å². The summed E-state index contributed by atoms with van der Waals surface area (Å²) >= 11 is 0. The maximum absolute atomic E-state index is 3.80. The molecule has 3 heteroatoms. The van der Waals surface area contributed by atoms with Crippen LogP contribution in [0.5, 0.6) is 0 Å². The zero-order valence-electron chi connectivity index (χ0n) is 11.4. The van der Waals surface area contributed by atoms with Gasteiger partial charge in [0.2, 0.25) is 0 Å². The first-order valence-corrected chi connectivity index (χ1v) is 7.50. The number of nitrogens with zero attached hydrogens (tertiary/aromatic N) is 2. The van der Waals surface area contributed by atoms with Crippen LogP contribution >= 0.6 is 0 Å². The van der Waals surface area contributed by atoms with Crippen molar-refractivity contribution in [2.24, 2.45) is 0 Å². The number of fused-ring (bicyclic) bond motifs is 1. The standard InChI is InChI=1S/C15H25N3/c1-2-17-10-5-6-13(17)12-16-14-8-11-18-9-4-3-7-15(14)18/h5-6,10,14-16H,2-4,7-9,11-12H2,1H3. The van der Waals surface area contributed by atoms with Gasteiger partial charge in [-0.2, -0.15) is 0 Å². The number of hydrogen-bond acceptors (Lipinski definition) is 2. The molecule has 3 nitrogen and oxygen atoms in total. The van der Waals surface area contributed by atoms with Crippen LogP contribution in [0.25, 0.3) is 0 Å². The number of aromatic nitrogens is 1. The van der Waals surface area contributed by atoms with Crippen molar-refractivity contribution in [2.45, 2.75) is 57.8 Å². The molecule has 2 fully saturated rings. The minimum Gasteiger partial charge on any atom is -0.351 e. The summed E-state index contributed by atoms with van der Waals surface area (Å²) in [5, 5.41) is 3.80. The Morgan fingerprint density at radius 2 is 2.22 bits per heavy atom. The molecule has 1 N–H and O–H groups in total. The van der Waals surface area contributed by atoms with Crippen LogP contribution in [-0.4, -0.2) is 34.6 Å². The van der Waals surface area contributed by atoms with Crippen molar-refractivity contribution in [1.29, 1.82) is 0 Å². The van der Waals surface area contributed by atoms with Gasteiger partial charge >= 0.3 is 0 Å². The molecule has 0 radical (unpaired) electrons. The number of rotatable bonds is 4. The van der Waals surface area contributed by atoms with Crippen LogP contribution in [-0.2, 0) is 13.1 Å². The highest BCUT2D eigenvalue weighted by Gasteiger charge is 2.34. The van der Waals surface area contributed by atoms with Crippen LogP contribution in [0, 0.1) is 0 Å². The molecule has 3 heterocycles. The molecule has 3 rings (SSSR count). The Morgan fingerprint density at radius 3 is 3.11 bits per heavy atom. The highest BCUT2D eigenvalue weighted by Crippen LogP contribution is 2.27. The summed E-state index contributed by atoms with van der Waals surface area (Å²) in [6.07, 6.45) is 7.73. The molecule has 2 aliphatic heterocycles. The lowest BCUT2D eigenvalue weighted by atomic mass is 9.99. The van der Waals surface area contributed by atoms with E-state index in [9.17, 15) is 0 Å². The van der Waals surface area contributed by atoms with Gasteiger partial charge in [0.1, 0.15) is 0 Å². The molecular formula is C15H25N3. The predicted octanol–water partition coefficient (Wildman–Crippen LogP) is 2.22. The lowest BCUT2D eigenvalue weighted by molar-refractivity contribution is 0.180. The molecule has 2 unspecified atom stereocenters. The average molecular weight is 247 g/mol. The Balaban J connectivity index is 1.57. The highest BCUT2D eigenvalue weighted by molar-refractivity contribution is 5.07. The van der Waals surface area contributed by atoms with Gasteiger partial charge < -0.3 is 9.88 Å². The summed E-state index contributed by atoms with van der Waals surface area (Å²) in [6, 6.07) is 5.92. The molecule has 1 aromatic rings. The number of piperidine rings is 1. The Hall–Kier alpha value is -0.800. The predicted molar refractivity (Wildman–Crippen MR) is 74.6 cm³/mol. The molecule has 2 aliphatic rings. The third-order valence-electron chi connectivity index (χ3n) is 4.67. The summed E-state index contributed by atoms with van der Waals surface area (Å²) in [4.78, 5) is 2.69. The van der Waals surface area contributed by atoms with Crippen LogP contribution in [0.4, 0.5) is 0 Å². The monoisotopic (exact) mass is 247 g/mol. The lowest BCUT2D eigenvalue weighted by Gasteiger charge is -2.32. The van der Waals surface area contributed by atoms with Gasteiger partial charge in [0.15, 0.2) is 0 Å². The van der Waals surface area contributed by atoms with Gasteiger partial charge in [0.25, 0.3) is 0 Å². The van der Waals surface area contributed by atoms with Crippen LogP contribution in [0.3, 0.4) is 0 Å². The fraction of sp³-hybridized carbons (Fsp3) is 0.733. The molecule has 0 amide bonds. The third kappa shape index (κ3) is 2.34. The zero-order valence-corrected chi connectivity index (χ0v) is 11.4. The molecule has 1 aromatic heterocycles. The van der Waals surface area contributed by atoms with Crippen LogP contribution < -0.4 is 5.32 Å². The number of aryl methyl sites for hydroxylation is 1. The van der Waals surface area contributed by atoms with E-state index in [1.807, 2.05) is 0 Å². The van der Waals surface area contributed by atoms with Gasteiger partial charge in [0, 0.05) is 43.6 Å². The molecule has 0 saturated carbocycles. The molecule has 0 bridgehead atoms. The van der Waals surface area contributed by atoms with Crippen molar-refractivity contribution < 1.29 is 0 Å². The van der Waals surface area contributed by atoms with Crippen LogP contribution in [0.2, 0.25) is 0 Å². The van der Waals surface area contributed by atoms with E-state index in [0.717, 1.165) is 19.1 Å². The van der Waals surface area contributed by atoms with Gasteiger partial charge in [0.05, 0.1) is 0 Å². The summed E-state index contributed by atoms with van der Waals surface area (Å²) in [6.45, 7) is 6.94. The van der Waals surface area contributed by atoms with Crippen molar-refractivity contribution in [3.05, 3.63) is 24.0 Å². The van der Waals surface area contributed by atoms with E-state index in [4.69, 9.17) is 0 Å². The molecule has 2 saturated heterocycles. The van der Waals surface area contributed by atoms with E-state index < -0.39 is 0 Å². The van der Waals surface area contributed by atoms with Crippen molar-refractivity contribution in [3.8, 4) is 0 Å². The van der Waals surface area contributed by atoms with Crippen LogP contribution in [0.15, 0.2) is 18.3 Å². The first kappa shape index (κ1) is 12.2. The average Bonchev–Trinajstić information content (AvgIpc) is 3.02. The first-order chi connectivity index (χ1) is 8.88. The molecule has 2 atom stereocenters. The summed E-state index contributed by atoms with van der Waals surface area (Å²) < 4.78 is 2.33. The van der Waals surface area contributed by atoms with E-state index in [-0.39, 0.29) is 0 Å². The molecular weight excluding hydrogens is 222 g/mol. The largest absolute Gasteiger partial charge is 0.351 e. The Bertz CT molecular complexity index is 385. The van der Waals surface area contributed by atoms with Crippen LogP contribution in [0.1, 0.15) is 38.3 Å². The third-order valence-corrected chi connectivity index (χ3v) is 4.67. The fourth-order valence-electron chi connectivity index (χ4n) is 3.64. The summed E-state index contributed by atoms with van der Waals surface area (Å²) in [5.74, 6) is 0. The van der Waals surface area contributed by atoms with Crippen molar-refractivity contribution >= 4 is 0 Å². The maximum Gasteiger partial charge on any atom is 0.0362 e. The smallest absolute Gasteiger partial charge is 0.0362 e. The second-order valence-corrected chi connectivity index (χ2v) is 5.66. The van der Waals surface area contributed by atoms with Gasteiger partial charge in [-0.25, -0.2) is 0 Å². The van der Waals surface area contributed by atoms with E-state index in [0.29, 0.717) is 6.04 Å². The normalized spacial score (nSPS) is 28.5. The molecule has 100 valence electrons. The second-order valence-electron chi connectivity index (χ2n) is 5.66. The number of nitrogens with one attached hydrogen (secondary N) is 1. The van der Waals surface area contributed by atoms with Gasteiger partial charge in [-0.1, -0.05) is 6.42 Å². The van der Waals surface area contributed by atoms with Gasteiger partial charge in [-0.3, -0.25) is 4.90 Å². The molecule has 18 heavy (non-hydrogen) atoms. The topological polar surface area (TPSA) is 20.2 Å². The Morgan fingerprint density at radius 1 is 1.28 bits per heavy atom. The van der Waals surface area contributed by atoms with E-state index in [1.165, 1.54) is 44.5 Å². The minimum absolute atomic E-state index is 0.713. The molecule has 0 aliphatic carbocycles. The summed E-state index contributed by atoms with van der Waals surface area (Å²) in [5.41, 5.74) is 1.42. The Labute approximate surface area is 110 Å².